The third-order valence-corrected chi connectivity index (χ3v) is 2.28. The summed E-state index contributed by atoms with van der Waals surface area (Å²) in [5.41, 5.74) is 4.96. The number of methoxy groups -OCH3 is 1. The van der Waals surface area contributed by atoms with Gasteiger partial charge in [-0.05, 0) is 6.92 Å². The smallest absolute Gasteiger partial charge is 0.302 e. The Kier molecular flexibility index (Phi) is 8.97. The molecule has 0 aromatic heterocycles. The van der Waals surface area contributed by atoms with Crippen LogP contribution in [-0.2, 0) is 28.6 Å². The van der Waals surface area contributed by atoms with Crippen molar-refractivity contribution in [2.45, 2.75) is 26.2 Å². The van der Waals surface area contributed by atoms with Gasteiger partial charge in [0.1, 0.15) is 6.61 Å². The van der Waals surface area contributed by atoms with Crippen LogP contribution in [-0.4, -0.2) is 55.8 Å². The fourth-order valence-electron chi connectivity index (χ4n) is 1.27. The molecule has 0 saturated heterocycles. The van der Waals surface area contributed by atoms with Crippen LogP contribution < -0.4 is 5.73 Å². The van der Waals surface area contributed by atoms with E-state index in [1.807, 2.05) is 0 Å². The standard InChI is InChI=1S/C12H20N2O6/c1-9(18-3)12(20-7-6-19-10(2)16)14(8-15)5-4-11(13)17/h4-5,8-9,12H,6-7H2,1-3H3,(H2,13,17)/b5-4-/t9-,12+/m0/s1. The molecule has 114 valence electrons. The Morgan fingerprint density at radius 2 is 2.00 bits per heavy atom. The lowest BCUT2D eigenvalue weighted by Gasteiger charge is -2.29. The monoisotopic (exact) mass is 288 g/mol. The summed E-state index contributed by atoms with van der Waals surface area (Å²) < 4.78 is 15.2. The van der Waals surface area contributed by atoms with Gasteiger partial charge in [-0.3, -0.25) is 19.3 Å². The van der Waals surface area contributed by atoms with Gasteiger partial charge in [-0.25, -0.2) is 0 Å². The van der Waals surface area contributed by atoms with E-state index in [2.05, 4.69) is 0 Å². The summed E-state index contributed by atoms with van der Waals surface area (Å²) in [6, 6.07) is 0. The first-order valence-electron chi connectivity index (χ1n) is 5.90. The van der Waals surface area contributed by atoms with Crippen molar-refractivity contribution in [3.8, 4) is 0 Å². The van der Waals surface area contributed by atoms with Crippen molar-refractivity contribution in [1.82, 2.24) is 4.90 Å². The van der Waals surface area contributed by atoms with Crippen molar-refractivity contribution in [1.29, 1.82) is 0 Å². The molecule has 8 nitrogen and oxygen atoms in total. The summed E-state index contributed by atoms with van der Waals surface area (Å²) in [5.74, 6) is -1.12. The molecule has 0 aliphatic heterocycles. The maximum Gasteiger partial charge on any atom is 0.302 e. The van der Waals surface area contributed by atoms with E-state index in [1.54, 1.807) is 6.92 Å². The molecule has 2 N–H and O–H groups in total. The first-order valence-corrected chi connectivity index (χ1v) is 5.90. The Labute approximate surface area is 117 Å². The number of rotatable bonds is 10. The van der Waals surface area contributed by atoms with Gasteiger partial charge < -0.3 is 19.9 Å². The fraction of sp³-hybridized carbons (Fsp3) is 0.583. The largest absolute Gasteiger partial charge is 0.463 e. The number of nitrogens with zero attached hydrogens (tertiary/aromatic N) is 1. The Bertz CT molecular complexity index is 358. The molecule has 0 aliphatic carbocycles. The van der Waals surface area contributed by atoms with E-state index in [0.29, 0.717) is 6.41 Å². The minimum Gasteiger partial charge on any atom is -0.463 e. The van der Waals surface area contributed by atoms with Crippen LogP contribution in [0, 0.1) is 0 Å². The third-order valence-electron chi connectivity index (χ3n) is 2.28. The van der Waals surface area contributed by atoms with E-state index >= 15 is 0 Å². The molecule has 8 heteroatoms. The first kappa shape index (κ1) is 18.1. The van der Waals surface area contributed by atoms with Crippen LogP contribution in [0.2, 0.25) is 0 Å². The summed E-state index contributed by atoms with van der Waals surface area (Å²) in [7, 11) is 1.45. The van der Waals surface area contributed by atoms with Crippen molar-refractivity contribution >= 4 is 18.3 Å². The number of hydrogen-bond donors (Lipinski definition) is 1. The van der Waals surface area contributed by atoms with Gasteiger partial charge in [0.25, 0.3) is 0 Å². The highest BCUT2D eigenvalue weighted by atomic mass is 16.6. The first-order chi connectivity index (χ1) is 9.42. The molecular formula is C12H20N2O6. The van der Waals surface area contributed by atoms with Crippen LogP contribution in [0.3, 0.4) is 0 Å². The van der Waals surface area contributed by atoms with Gasteiger partial charge >= 0.3 is 5.97 Å². The van der Waals surface area contributed by atoms with E-state index in [4.69, 9.17) is 19.9 Å². The number of hydrogen-bond acceptors (Lipinski definition) is 6. The highest BCUT2D eigenvalue weighted by molar-refractivity contribution is 5.85. The molecule has 0 aromatic rings. The highest BCUT2D eigenvalue weighted by Gasteiger charge is 2.23. The van der Waals surface area contributed by atoms with Gasteiger partial charge in [0.2, 0.25) is 12.3 Å². The van der Waals surface area contributed by atoms with E-state index in [0.717, 1.165) is 11.0 Å². The van der Waals surface area contributed by atoms with Gasteiger partial charge in [-0.2, -0.15) is 0 Å². The third kappa shape index (κ3) is 7.49. The summed E-state index contributed by atoms with van der Waals surface area (Å²) in [5, 5.41) is 0. The maximum atomic E-state index is 11.0. The van der Waals surface area contributed by atoms with Crippen LogP contribution >= 0.6 is 0 Å². The van der Waals surface area contributed by atoms with Crippen LogP contribution in [0.15, 0.2) is 12.3 Å². The second-order valence-corrected chi connectivity index (χ2v) is 3.81. The Morgan fingerprint density at radius 1 is 1.35 bits per heavy atom. The summed E-state index contributed by atoms with van der Waals surface area (Å²) in [6.45, 7) is 3.09. The zero-order valence-corrected chi connectivity index (χ0v) is 11.8. The second-order valence-electron chi connectivity index (χ2n) is 3.81. The van der Waals surface area contributed by atoms with Crippen LogP contribution in [0.25, 0.3) is 0 Å². The molecule has 0 heterocycles. The van der Waals surface area contributed by atoms with E-state index in [9.17, 15) is 14.4 Å². The number of primary amides is 1. The number of carbonyl (C=O) groups excluding carboxylic acids is 3. The van der Waals surface area contributed by atoms with Crippen molar-refractivity contribution in [3.63, 3.8) is 0 Å². The lowest BCUT2D eigenvalue weighted by molar-refractivity contribution is -0.154. The van der Waals surface area contributed by atoms with Crippen LogP contribution in [0.5, 0.6) is 0 Å². The number of carbonyl (C=O) groups is 3. The molecule has 0 fully saturated rings. The molecule has 0 spiro atoms. The van der Waals surface area contributed by atoms with E-state index in [1.165, 1.54) is 20.2 Å². The SMILES string of the molecule is CO[C@@H](C)[C@@H](OCCOC(C)=O)N(C=O)/C=C\C(N)=O. The molecule has 20 heavy (non-hydrogen) atoms. The molecule has 2 amide bonds. The predicted octanol–water partition coefficient (Wildman–Crippen LogP) is -0.615. The van der Waals surface area contributed by atoms with Crippen molar-refractivity contribution in [2.24, 2.45) is 5.73 Å². The van der Waals surface area contributed by atoms with Crippen molar-refractivity contribution in [2.75, 3.05) is 20.3 Å². The maximum absolute atomic E-state index is 11.0. The number of esters is 1. The molecule has 0 saturated carbocycles. The molecule has 0 aromatic carbocycles. The van der Waals surface area contributed by atoms with E-state index < -0.39 is 24.2 Å². The normalized spacial score (nSPS) is 13.8. The molecular weight excluding hydrogens is 268 g/mol. The number of ether oxygens (including phenoxy) is 3. The van der Waals surface area contributed by atoms with Gasteiger partial charge in [-0.1, -0.05) is 0 Å². The lowest BCUT2D eigenvalue weighted by Crippen LogP contribution is -2.42. The van der Waals surface area contributed by atoms with Gasteiger partial charge in [0.05, 0.1) is 12.7 Å². The van der Waals surface area contributed by atoms with Crippen molar-refractivity contribution in [3.05, 3.63) is 12.3 Å². The predicted molar refractivity (Wildman–Crippen MR) is 69.1 cm³/mol. The van der Waals surface area contributed by atoms with Gasteiger partial charge in [0, 0.05) is 26.3 Å². The fourth-order valence-corrected chi connectivity index (χ4v) is 1.27. The molecule has 0 bridgehead atoms. The second kappa shape index (κ2) is 9.93. The van der Waals surface area contributed by atoms with Crippen LogP contribution in [0.4, 0.5) is 0 Å². The Hall–Kier alpha value is -1.93. The van der Waals surface area contributed by atoms with E-state index in [-0.39, 0.29) is 13.2 Å². The quantitative estimate of drug-likeness (QED) is 0.189. The van der Waals surface area contributed by atoms with Crippen LogP contribution in [0.1, 0.15) is 13.8 Å². The summed E-state index contributed by atoms with van der Waals surface area (Å²) >= 11 is 0. The number of nitrogens with two attached hydrogens (primary N) is 1. The van der Waals surface area contributed by atoms with Gasteiger partial charge in [0.15, 0.2) is 6.23 Å². The Balaban J connectivity index is 4.62. The average molecular weight is 288 g/mol. The highest BCUT2D eigenvalue weighted by Crippen LogP contribution is 2.08. The molecule has 2 atom stereocenters. The zero-order valence-electron chi connectivity index (χ0n) is 11.8. The molecule has 0 rings (SSSR count). The molecule has 0 aliphatic rings. The average Bonchev–Trinajstić information content (AvgIpc) is 2.40. The zero-order chi connectivity index (χ0) is 15.5. The summed E-state index contributed by atoms with van der Waals surface area (Å²) in [6.07, 6.45) is 1.46. The minimum absolute atomic E-state index is 0.0501. The molecule has 0 unspecified atom stereocenters. The Morgan fingerprint density at radius 3 is 2.45 bits per heavy atom. The van der Waals surface area contributed by atoms with Crippen molar-refractivity contribution < 1.29 is 28.6 Å². The topological polar surface area (TPSA) is 108 Å². The lowest BCUT2D eigenvalue weighted by atomic mass is 10.3. The van der Waals surface area contributed by atoms with Gasteiger partial charge in [-0.15, -0.1) is 0 Å². The molecule has 0 radical (unpaired) electrons. The summed E-state index contributed by atoms with van der Waals surface area (Å²) in [4.78, 5) is 33.4. The number of amides is 2. The minimum atomic E-state index is -0.774.